The highest BCUT2D eigenvalue weighted by Gasteiger charge is 2.30. The first kappa shape index (κ1) is 20.0. The number of nitrogens with one attached hydrogen (secondary N) is 1. The molecule has 1 atom stereocenters. The highest BCUT2D eigenvalue weighted by molar-refractivity contribution is 8.01. The van der Waals surface area contributed by atoms with Gasteiger partial charge in [0.05, 0.1) is 0 Å². The molecule has 1 amide bonds. The van der Waals surface area contributed by atoms with Crippen LogP contribution in [0.25, 0.3) is 0 Å². The lowest BCUT2D eigenvalue weighted by molar-refractivity contribution is -0.128. The molecule has 144 valence electrons. The number of aromatic nitrogens is 1. The Kier molecular flexibility index (Phi) is 6.62. The zero-order chi connectivity index (χ0) is 19.4. The maximum Gasteiger partial charge on any atom is 0.355 e. The third-order valence-corrected chi connectivity index (χ3v) is 6.92. The van der Waals surface area contributed by atoms with E-state index < -0.39 is 5.97 Å². The molecule has 2 aromatic rings. The fourth-order valence-electron chi connectivity index (χ4n) is 2.99. The molecule has 2 N–H and O–H groups in total. The van der Waals surface area contributed by atoms with Crippen LogP contribution in [0.5, 0.6) is 0 Å². The topological polar surface area (TPSA) is 82.5 Å². The normalized spacial score (nSPS) is 16.7. The van der Waals surface area contributed by atoms with E-state index >= 15 is 0 Å². The summed E-state index contributed by atoms with van der Waals surface area (Å²) in [6, 6.07) is 5.90. The SMILES string of the molecule is Cc1c(Cl)cccc1NC[C@H]1CCC(=O)N1CCSc1nc(C(=O)O)cs1. The average molecular weight is 426 g/mol. The van der Waals surface area contributed by atoms with Crippen LogP contribution in [0.15, 0.2) is 27.9 Å². The number of hydrogen-bond donors (Lipinski definition) is 2. The molecular weight excluding hydrogens is 406 g/mol. The molecule has 2 heterocycles. The van der Waals surface area contributed by atoms with Crippen molar-refractivity contribution >= 4 is 52.3 Å². The zero-order valence-corrected chi connectivity index (χ0v) is 17.2. The smallest absolute Gasteiger partial charge is 0.355 e. The van der Waals surface area contributed by atoms with Crippen LogP contribution >= 0.6 is 34.7 Å². The minimum Gasteiger partial charge on any atom is -0.476 e. The molecule has 6 nitrogen and oxygen atoms in total. The molecule has 0 saturated carbocycles. The van der Waals surface area contributed by atoms with Gasteiger partial charge in [-0.1, -0.05) is 29.4 Å². The monoisotopic (exact) mass is 425 g/mol. The van der Waals surface area contributed by atoms with Gasteiger partial charge in [0.2, 0.25) is 5.91 Å². The molecule has 1 fully saturated rings. The van der Waals surface area contributed by atoms with Crippen molar-refractivity contribution in [2.75, 3.05) is 24.2 Å². The number of halogens is 1. The van der Waals surface area contributed by atoms with Crippen molar-refractivity contribution < 1.29 is 14.7 Å². The Hall–Kier alpha value is -1.77. The minimum absolute atomic E-state index is 0.0683. The molecule has 3 rings (SSSR count). The maximum absolute atomic E-state index is 12.2. The number of carbonyl (C=O) groups excluding carboxylic acids is 1. The quantitative estimate of drug-likeness (QED) is 0.622. The van der Waals surface area contributed by atoms with Crippen molar-refractivity contribution in [3.8, 4) is 0 Å². The van der Waals surface area contributed by atoms with Crippen LogP contribution < -0.4 is 5.32 Å². The number of aromatic carboxylic acids is 1. The third-order valence-electron chi connectivity index (χ3n) is 4.51. The second kappa shape index (κ2) is 8.95. The summed E-state index contributed by atoms with van der Waals surface area (Å²) in [6.45, 7) is 3.27. The van der Waals surface area contributed by atoms with E-state index in [-0.39, 0.29) is 17.6 Å². The van der Waals surface area contributed by atoms with Crippen LogP contribution in [0.4, 0.5) is 5.69 Å². The van der Waals surface area contributed by atoms with Gasteiger partial charge in [-0.05, 0) is 31.0 Å². The first-order valence-electron chi connectivity index (χ1n) is 8.56. The number of thioether (sulfide) groups is 1. The minimum atomic E-state index is -1.02. The molecule has 0 radical (unpaired) electrons. The van der Waals surface area contributed by atoms with E-state index in [0.717, 1.165) is 22.7 Å². The van der Waals surface area contributed by atoms with Crippen LogP contribution in [0, 0.1) is 6.92 Å². The van der Waals surface area contributed by atoms with Crippen molar-refractivity contribution in [1.29, 1.82) is 0 Å². The van der Waals surface area contributed by atoms with Crippen LogP contribution in [-0.4, -0.2) is 51.8 Å². The number of benzene rings is 1. The van der Waals surface area contributed by atoms with E-state index in [0.29, 0.717) is 29.6 Å². The second-order valence-electron chi connectivity index (χ2n) is 6.23. The van der Waals surface area contributed by atoms with E-state index in [2.05, 4.69) is 10.3 Å². The zero-order valence-electron chi connectivity index (χ0n) is 14.8. The first-order chi connectivity index (χ1) is 13.0. The van der Waals surface area contributed by atoms with E-state index in [1.54, 1.807) is 0 Å². The van der Waals surface area contributed by atoms with Crippen molar-refractivity contribution in [2.45, 2.75) is 30.1 Å². The highest BCUT2D eigenvalue weighted by atomic mass is 35.5. The van der Waals surface area contributed by atoms with Crippen LogP contribution in [0.2, 0.25) is 5.02 Å². The van der Waals surface area contributed by atoms with Gasteiger partial charge in [0.1, 0.15) is 0 Å². The summed E-state index contributed by atoms with van der Waals surface area (Å²) in [4.78, 5) is 29.1. The molecule has 1 saturated heterocycles. The molecule has 1 aromatic carbocycles. The number of carboxylic acid groups (broad SMARTS) is 1. The summed E-state index contributed by atoms with van der Waals surface area (Å²) in [5, 5.41) is 14.6. The number of rotatable bonds is 8. The first-order valence-corrected chi connectivity index (χ1v) is 10.8. The molecule has 0 aliphatic carbocycles. The number of carboxylic acids is 1. The lowest BCUT2D eigenvalue weighted by atomic mass is 10.1. The van der Waals surface area contributed by atoms with Crippen LogP contribution in [0.3, 0.4) is 0 Å². The van der Waals surface area contributed by atoms with Crippen LogP contribution in [0.1, 0.15) is 28.9 Å². The fraction of sp³-hybridized carbons (Fsp3) is 0.389. The summed E-state index contributed by atoms with van der Waals surface area (Å²) in [7, 11) is 0. The Labute approximate surface area is 170 Å². The number of thiazole rings is 1. The second-order valence-corrected chi connectivity index (χ2v) is 8.83. The number of hydrogen-bond acceptors (Lipinski definition) is 6. The molecule has 27 heavy (non-hydrogen) atoms. The Morgan fingerprint density at radius 2 is 2.33 bits per heavy atom. The standard InChI is InChI=1S/C18H20ClN3O3S2/c1-11-13(19)3-2-4-14(11)20-9-12-5-6-16(23)22(12)7-8-26-18-21-15(10-27-18)17(24)25/h2-4,10,12,20H,5-9H2,1H3,(H,24,25)/t12-/m1/s1. The summed E-state index contributed by atoms with van der Waals surface area (Å²) < 4.78 is 0.711. The predicted octanol–water partition coefficient (Wildman–Crippen LogP) is 4.00. The molecule has 1 aliphatic heterocycles. The van der Waals surface area contributed by atoms with Crippen molar-refractivity contribution in [2.24, 2.45) is 0 Å². The third kappa shape index (κ3) is 4.94. The number of anilines is 1. The van der Waals surface area contributed by atoms with Gasteiger partial charge in [-0.25, -0.2) is 9.78 Å². The molecule has 1 aliphatic rings. The van der Waals surface area contributed by atoms with Gasteiger partial charge in [0.15, 0.2) is 10.0 Å². The van der Waals surface area contributed by atoms with Gasteiger partial charge in [-0.2, -0.15) is 0 Å². The summed E-state index contributed by atoms with van der Waals surface area (Å²) >= 11 is 8.96. The molecule has 0 spiro atoms. The van der Waals surface area contributed by atoms with E-state index in [1.165, 1.54) is 28.5 Å². The molecule has 0 unspecified atom stereocenters. The largest absolute Gasteiger partial charge is 0.476 e. The van der Waals surface area contributed by atoms with Gasteiger partial charge < -0.3 is 15.3 Å². The van der Waals surface area contributed by atoms with Gasteiger partial charge in [-0.3, -0.25) is 4.79 Å². The molecule has 9 heteroatoms. The van der Waals surface area contributed by atoms with Crippen molar-refractivity contribution in [1.82, 2.24) is 9.88 Å². The molecule has 0 bridgehead atoms. The summed E-state index contributed by atoms with van der Waals surface area (Å²) in [6.07, 6.45) is 1.39. The maximum atomic E-state index is 12.2. The molecule has 1 aromatic heterocycles. The van der Waals surface area contributed by atoms with Crippen molar-refractivity contribution in [3.05, 3.63) is 39.9 Å². The number of likely N-dealkylation sites (tertiary alicyclic amines) is 1. The molecular formula is C18H20ClN3O3S2. The summed E-state index contributed by atoms with van der Waals surface area (Å²) in [5.41, 5.74) is 2.06. The van der Waals surface area contributed by atoms with Gasteiger partial charge >= 0.3 is 5.97 Å². The number of nitrogens with zero attached hydrogens (tertiary/aromatic N) is 2. The van der Waals surface area contributed by atoms with Gasteiger partial charge in [0, 0.05) is 47.4 Å². The average Bonchev–Trinajstić information content (AvgIpc) is 3.24. The van der Waals surface area contributed by atoms with Gasteiger partial charge in [0.25, 0.3) is 0 Å². The lowest BCUT2D eigenvalue weighted by Crippen LogP contribution is -2.39. The van der Waals surface area contributed by atoms with Crippen molar-refractivity contribution in [3.63, 3.8) is 0 Å². The Balaban J connectivity index is 1.52. The Morgan fingerprint density at radius 1 is 1.52 bits per heavy atom. The van der Waals surface area contributed by atoms with Gasteiger partial charge in [-0.15, -0.1) is 11.3 Å². The number of carbonyl (C=O) groups is 2. The Morgan fingerprint density at radius 3 is 3.07 bits per heavy atom. The van der Waals surface area contributed by atoms with Crippen LogP contribution in [-0.2, 0) is 4.79 Å². The highest BCUT2D eigenvalue weighted by Crippen LogP contribution is 2.26. The summed E-state index contributed by atoms with van der Waals surface area (Å²) in [5.74, 6) is -0.170. The lowest BCUT2D eigenvalue weighted by Gasteiger charge is -2.25. The predicted molar refractivity (Wildman–Crippen MR) is 109 cm³/mol. The van der Waals surface area contributed by atoms with E-state index in [9.17, 15) is 9.59 Å². The Bertz CT molecular complexity index is 843. The van der Waals surface area contributed by atoms with E-state index in [1.807, 2.05) is 30.0 Å². The fourth-order valence-corrected chi connectivity index (χ4v) is 4.98. The number of amides is 1. The van der Waals surface area contributed by atoms with E-state index in [4.69, 9.17) is 16.7 Å².